The summed E-state index contributed by atoms with van der Waals surface area (Å²) in [5, 5.41) is 14.9. The summed E-state index contributed by atoms with van der Waals surface area (Å²) < 4.78 is 0. The molecule has 0 spiro atoms. The maximum absolute atomic E-state index is 13.0. The molecule has 0 radical (unpaired) electrons. The molecule has 0 aromatic heterocycles. The lowest BCUT2D eigenvalue weighted by Gasteiger charge is -2.48. The molecule has 2 aromatic carbocycles. The van der Waals surface area contributed by atoms with Crippen LogP contribution >= 0.6 is 25.1 Å². The molecular formula is C28H37ClN4O3S. The number of carbonyl (C=O) groups is 2. The molecule has 5 rings (SSSR count). The van der Waals surface area contributed by atoms with E-state index < -0.39 is 5.60 Å². The summed E-state index contributed by atoms with van der Waals surface area (Å²) in [4.78, 5) is 31.7. The van der Waals surface area contributed by atoms with E-state index >= 15 is 0 Å². The van der Waals surface area contributed by atoms with Crippen LogP contribution in [-0.2, 0) is 10.4 Å². The number of amides is 2. The summed E-state index contributed by atoms with van der Waals surface area (Å²) in [6.45, 7) is 8.50. The summed E-state index contributed by atoms with van der Waals surface area (Å²) in [6, 6.07) is 15.5. The second-order valence-corrected chi connectivity index (χ2v) is 11.2. The molecule has 3 heterocycles. The van der Waals surface area contributed by atoms with Crippen LogP contribution in [0.1, 0.15) is 42.6 Å². The Bertz CT molecular complexity index is 1110. The van der Waals surface area contributed by atoms with Gasteiger partial charge in [0.1, 0.15) is 0 Å². The number of aliphatic hydroxyl groups is 1. The summed E-state index contributed by atoms with van der Waals surface area (Å²) in [5.74, 6) is 0.347. The van der Waals surface area contributed by atoms with E-state index in [1.807, 2.05) is 41.3 Å². The maximum atomic E-state index is 13.0. The van der Waals surface area contributed by atoms with Crippen molar-refractivity contribution in [1.82, 2.24) is 14.7 Å². The van der Waals surface area contributed by atoms with E-state index in [-0.39, 0.29) is 25.3 Å². The lowest BCUT2D eigenvalue weighted by atomic mass is 9.92. The van der Waals surface area contributed by atoms with Gasteiger partial charge in [-0.1, -0.05) is 48.9 Å². The fourth-order valence-corrected chi connectivity index (χ4v) is 5.84. The molecule has 0 unspecified atom stereocenters. The Kier molecular flexibility index (Phi) is 8.43. The molecule has 3 saturated heterocycles. The highest BCUT2D eigenvalue weighted by molar-refractivity contribution is 7.59. The number of benzene rings is 2. The number of likely N-dealkylation sites (tertiary alicyclic amines) is 3. The Balaban J connectivity index is 0.00000320. The molecule has 0 saturated carbocycles. The van der Waals surface area contributed by atoms with Gasteiger partial charge < -0.3 is 20.2 Å². The van der Waals surface area contributed by atoms with Gasteiger partial charge in [-0.2, -0.15) is 13.5 Å². The third kappa shape index (κ3) is 5.77. The van der Waals surface area contributed by atoms with Gasteiger partial charge in [-0.05, 0) is 49.4 Å². The zero-order valence-corrected chi connectivity index (χ0v) is 23.2. The van der Waals surface area contributed by atoms with Crippen LogP contribution in [0.4, 0.5) is 5.69 Å². The quantitative estimate of drug-likeness (QED) is 0.582. The van der Waals surface area contributed by atoms with Crippen LogP contribution in [-0.4, -0.2) is 83.0 Å². The highest BCUT2D eigenvalue weighted by Crippen LogP contribution is 2.30. The van der Waals surface area contributed by atoms with E-state index in [9.17, 15) is 14.7 Å². The molecular weight excluding hydrogens is 508 g/mol. The van der Waals surface area contributed by atoms with E-state index in [0.29, 0.717) is 47.2 Å². The van der Waals surface area contributed by atoms with Crippen molar-refractivity contribution in [2.24, 2.45) is 5.92 Å². The van der Waals surface area contributed by atoms with Crippen molar-refractivity contribution in [3.63, 3.8) is 0 Å². The van der Waals surface area contributed by atoms with E-state index in [0.717, 1.165) is 44.7 Å². The monoisotopic (exact) mass is 544 g/mol. The number of nitrogens with one attached hydrogen (secondary N) is 1. The molecule has 9 heteroatoms. The number of hydrogen-bond acceptors (Lipinski definition) is 5. The van der Waals surface area contributed by atoms with Gasteiger partial charge in [0.05, 0.1) is 16.6 Å². The van der Waals surface area contributed by atoms with Crippen molar-refractivity contribution < 1.29 is 14.7 Å². The van der Waals surface area contributed by atoms with Crippen molar-refractivity contribution in [2.75, 3.05) is 44.6 Å². The predicted molar refractivity (Wildman–Crippen MR) is 151 cm³/mol. The number of piperidine rings is 1. The second kappa shape index (κ2) is 11.2. The first-order valence-electron chi connectivity index (χ1n) is 12.9. The molecule has 3 aliphatic heterocycles. The van der Waals surface area contributed by atoms with Gasteiger partial charge >= 0.3 is 0 Å². The Morgan fingerprint density at radius 3 is 2.24 bits per heavy atom. The van der Waals surface area contributed by atoms with Crippen molar-refractivity contribution in [3.05, 3.63) is 64.7 Å². The molecule has 7 nitrogen and oxygen atoms in total. The van der Waals surface area contributed by atoms with Crippen LogP contribution in [0.2, 0.25) is 5.02 Å². The van der Waals surface area contributed by atoms with Crippen LogP contribution < -0.4 is 5.32 Å². The first-order valence-corrected chi connectivity index (χ1v) is 13.3. The van der Waals surface area contributed by atoms with Gasteiger partial charge in [-0.3, -0.25) is 14.5 Å². The average molecular weight is 545 g/mol. The van der Waals surface area contributed by atoms with Gasteiger partial charge in [0.25, 0.3) is 11.8 Å². The van der Waals surface area contributed by atoms with E-state index in [1.165, 1.54) is 0 Å². The molecule has 3 fully saturated rings. The molecule has 2 amide bonds. The van der Waals surface area contributed by atoms with E-state index in [2.05, 4.69) is 17.1 Å². The molecule has 0 aliphatic carbocycles. The van der Waals surface area contributed by atoms with E-state index in [4.69, 9.17) is 11.6 Å². The average Bonchev–Trinajstić information content (AvgIpc) is 2.84. The number of hydrogen-bond donors (Lipinski definition) is 2. The zero-order chi connectivity index (χ0) is 25.4. The molecule has 200 valence electrons. The Hall–Kier alpha value is -2.26. The van der Waals surface area contributed by atoms with E-state index in [1.54, 1.807) is 24.0 Å². The minimum absolute atomic E-state index is 0. The minimum atomic E-state index is -1.50. The molecule has 3 aliphatic rings. The van der Waals surface area contributed by atoms with Gasteiger partial charge in [-0.15, -0.1) is 0 Å². The molecule has 2 aromatic rings. The third-order valence-corrected chi connectivity index (χ3v) is 8.16. The molecule has 1 atom stereocenters. The fraction of sp³-hybridized carbons (Fsp3) is 0.500. The Labute approximate surface area is 231 Å². The minimum Gasteiger partial charge on any atom is -0.380 e. The third-order valence-electron chi connectivity index (χ3n) is 7.85. The van der Waals surface area contributed by atoms with Crippen molar-refractivity contribution in [2.45, 2.75) is 44.4 Å². The summed E-state index contributed by atoms with van der Waals surface area (Å²) in [6.07, 6.45) is 1.81. The molecule has 2 N–H and O–H groups in total. The number of anilines is 1. The Morgan fingerprint density at radius 2 is 1.65 bits per heavy atom. The van der Waals surface area contributed by atoms with Crippen molar-refractivity contribution in [3.8, 4) is 0 Å². The summed E-state index contributed by atoms with van der Waals surface area (Å²) in [7, 11) is 0. The van der Waals surface area contributed by atoms with Gasteiger partial charge in [0.15, 0.2) is 5.60 Å². The highest BCUT2D eigenvalue weighted by Gasteiger charge is 2.40. The van der Waals surface area contributed by atoms with Crippen LogP contribution in [0, 0.1) is 5.92 Å². The maximum Gasteiger partial charge on any atom is 0.258 e. The van der Waals surface area contributed by atoms with Crippen molar-refractivity contribution >= 4 is 42.6 Å². The first kappa shape index (κ1) is 27.8. The van der Waals surface area contributed by atoms with Crippen LogP contribution in [0.3, 0.4) is 0 Å². The lowest BCUT2D eigenvalue weighted by molar-refractivity contribution is -0.152. The fourth-order valence-electron chi connectivity index (χ4n) is 5.58. The van der Waals surface area contributed by atoms with Gasteiger partial charge in [0.2, 0.25) is 0 Å². The first-order chi connectivity index (χ1) is 17.2. The smallest absolute Gasteiger partial charge is 0.258 e. The normalized spacial score (nSPS) is 20.9. The largest absolute Gasteiger partial charge is 0.380 e. The number of halogens is 1. The molecule has 0 bridgehead atoms. The summed E-state index contributed by atoms with van der Waals surface area (Å²) >= 11 is 6.44. The number of carbonyl (C=O) groups excluding carboxylic acids is 2. The second-order valence-electron chi connectivity index (χ2n) is 10.8. The standard InChI is InChI=1S/C28H35ClN4O3.H2S/c1-19-15-33(16-19)26(34)24-9-8-21(14-25(24)29)30-22-17-32(18-22)23-10-12-31(13-11-23)27(35)28(2,36)20-6-4-3-5-7-20;/h3-9,14,19,22-23,30,36H,10-13,15-18H2,1-2H3;1H2/t28-;/m0./s1. The van der Waals surface area contributed by atoms with Crippen LogP contribution in [0.5, 0.6) is 0 Å². The van der Waals surface area contributed by atoms with Gasteiger partial charge in [0, 0.05) is 51.0 Å². The molecule has 37 heavy (non-hydrogen) atoms. The highest BCUT2D eigenvalue weighted by atomic mass is 35.5. The lowest BCUT2D eigenvalue weighted by Crippen LogP contribution is -2.61. The predicted octanol–water partition coefficient (Wildman–Crippen LogP) is 3.54. The zero-order valence-electron chi connectivity index (χ0n) is 21.5. The van der Waals surface area contributed by atoms with Crippen LogP contribution in [0.15, 0.2) is 48.5 Å². The topological polar surface area (TPSA) is 76.1 Å². The van der Waals surface area contributed by atoms with Crippen molar-refractivity contribution in [1.29, 1.82) is 0 Å². The number of nitrogens with zero attached hydrogens (tertiary/aromatic N) is 3. The SMILES string of the molecule is CC1CN(C(=O)c2ccc(NC3CN(C4CCN(C(=O)[C@@](C)(O)c5ccccc5)CC4)C3)cc2Cl)C1.S. The Morgan fingerprint density at radius 1 is 1.00 bits per heavy atom. The van der Waals surface area contributed by atoms with Gasteiger partial charge in [-0.25, -0.2) is 0 Å². The van der Waals surface area contributed by atoms with Crippen LogP contribution in [0.25, 0.3) is 0 Å². The number of rotatable bonds is 6. The summed E-state index contributed by atoms with van der Waals surface area (Å²) in [5.41, 5.74) is 0.620.